The Hall–Kier alpha value is -1.62. The monoisotopic (exact) mass is 394 g/mol. The molecule has 1 fully saturated rings. The van der Waals surface area contributed by atoms with Crippen LogP contribution in [0.5, 0.6) is 0 Å². The third-order valence-corrected chi connectivity index (χ3v) is 5.30. The summed E-state index contributed by atoms with van der Waals surface area (Å²) in [5, 5.41) is 3.99. The van der Waals surface area contributed by atoms with Crippen molar-refractivity contribution >= 4 is 34.8 Å². The van der Waals surface area contributed by atoms with Crippen molar-refractivity contribution in [3.63, 3.8) is 0 Å². The first-order valence-electron chi connectivity index (χ1n) is 8.65. The smallest absolute Gasteiger partial charge is 0.227 e. The molecule has 2 aromatic carbocycles. The van der Waals surface area contributed by atoms with Crippen LogP contribution >= 0.6 is 23.2 Å². The van der Waals surface area contributed by atoms with Crippen LogP contribution in [0.2, 0.25) is 10.0 Å². The lowest BCUT2D eigenvalue weighted by molar-refractivity contribution is -0.121. The van der Waals surface area contributed by atoms with Crippen molar-refractivity contribution in [3.8, 4) is 0 Å². The Morgan fingerprint density at radius 2 is 1.81 bits per heavy atom. The molecule has 1 aliphatic rings. The second-order valence-electron chi connectivity index (χ2n) is 6.73. The van der Waals surface area contributed by atoms with Crippen molar-refractivity contribution < 1.29 is 9.18 Å². The molecule has 2 aromatic rings. The van der Waals surface area contributed by atoms with Crippen LogP contribution in [0.1, 0.15) is 24.0 Å². The van der Waals surface area contributed by atoms with Gasteiger partial charge in [-0.15, -0.1) is 0 Å². The number of aryl methyl sites for hydroxylation is 1. The molecule has 0 spiro atoms. The highest BCUT2D eigenvalue weighted by Gasteiger charge is 2.25. The highest BCUT2D eigenvalue weighted by Crippen LogP contribution is 2.25. The van der Waals surface area contributed by atoms with E-state index in [9.17, 15) is 9.18 Å². The minimum absolute atomic E-state index is 0.0210. The summed E-state index contributed by atoms with van der Waals surface area (Å²) in [6.07, 6.45) is 1.50. The van der Waals surface area contributed by atoms with Gasteiger partial charge in [-0.05, 0) is 62.7 Å². The molecule has 0 saturated carbocycles. The quantitative estimate of drug-likeness (QED) is 0.763. The summed E-state index contributed by atoms with van der Waals surface area (Å²) in [6, 6.07) is 10.2. The third-order valence-electron chi connectivity index (χ3n) is 4.82. The first-order valence-corrected chi connectivity index (χ1v) is 9.41. The highest BCUT2D eigenvalue weighted by atomic mass is 35.5. The Bertz CT molecular complexity index is 804. The van der Waals surface area contributed by atoms with Gasteiger partial charge in [-0.2, -0.15) is 0 Å². The van der Waals surface area contributed by atoms with E-state index in [2.05, 4.69) is 10.2 Å². The standard InChI is InChI=1S/C20H21Cl2FN2O/c1-13-2-4-17(22)11-19(13)24-20(26)14-6-8-25(9-7-14)12-15-3-5-16(21)10-18(15)23/h2-5,10-11,14H,6-9,12H2,1H3,(H,24,26). The first-order chi connectivity index (χ1) is 12.4. The van der Waals surface area contributed by atoms with E-state index in [1.807, 2.05) is 13.0 Å². The molecule has 0 bridgehead atoms. The van der Waals surface area contributed by atoms with Crippen molar-refractivity contribution in [2.45, 2.75) is 26.3 Å². The zero-order valence-electron chi connectivity index (χ0n) is 14.6. The number of carbonyl (C=O) groups is 1. The van der Waals surface area contributed by atoms with Crippen LogP contribution < -0.4 is 5.32 Å². The second-order valence-corrected chi connectivity index (χ2v) is 7.61. The average Bonchev–Trinajstić information content (AvgIpc) is 2.61. The number of nitrogens with one attached hydrogen (secondary N) is 1. The normalized spacial score (nSPS) is 15.8. The maximum atomic E-state index is 13.9. The number of benzene rings is 2. The topological polar surface area (TPSA) is 32.3 Å². The number of carbonyl (C=O) groups excluding carboxylic acids is 1. The van der Waals surface area contributed by atoms with Gasteiger partial charge in [0.25, 0.3) is 0 Å². The van der Waals surface area contributed by atoms with Gasteiger partial charge >= 0.3 is 0 Å². The number of hydrogen-bond donors (Lipinski definition) is 1. The fourth-order valence-corrected chi connectivity index (χ4v) is 3.54. The van der Waals surface area contributed by atoms with E-state index in [1.54, 1.807) is 24.3 Å². The van der Waals surface area contributed by atoms with Crippen molar-refractivity contribution in [2.24, 2.45) is 5.92 Å². The van der Waals surface area contributed by atoms with Gasteiger partial charge in [-0.25, -0.2) is 4.39 Å². The highest BCUT2D eigenvalue weighted by molar-refractivity contribution is 6.31. The molecule has 138 valence electrons. The van der Waals surface area contributed by atoms with Gasteiger partial charge in [0, 0.05) is 33.8 Å². The van der Waals surface area contributed by atoms with Crippen LogP contribution in [0.15, 0.2) is 36.4 Å². The number of likely N-dealkylation sites (tertiary alicyclic amines) is 1. The Morgan fingerprint density at radius 3 is 2.50 bits per heavy atom. The van der Waals surface area contributed by atoms with Crippen LogP contribution in [0, 0.1) is 18.7 Å². The number of halogens is 3. The molecular formula is C20H21Cl2FN2O. The van der Waals surface area contributed by atoms with Gasteiger partial charge in [-0.1, -0.05) is 35.3 Å². The fraction of sp³-hybridized carbons (Fsp3) is 0.350. The van der Waals surface area contributed by atoms with Gasteiger partial charge in [0.1, 0.15) is 5.82 Å². The van der Waals surface area contributed by atoms with Crippen LogP contribution in [0.25, 0.3) is 0 Å². The number of anilines is 1. The molecule has 1 amide bonds. The summed E-state index contributed by atoms with van der Waals surface area (Å²) in [4.78, 5) is 14.7. The molecule has 1 heterocycles. The molecule has 26 heavy (non-hydrogen) atoms. The Balaban J connectivity index is 1.54. The second kappa shape index (κ2) is 8.38. The fourth-order valence-electron chi connectivity index (χ4n) is 3.21. The molecule has 0 aromatic heterocycles. The van der Waals surface area contributed by atoms with E-state index in [0.29, 0.717) is 22.2 Å². The van der Waals surface area contributed by atoms with Crippen molar-refractivity contribution in [3.05, 3.63) is 63.4 Å². The van der Waals surface area contributed by atoms with Crippen LogP contribution in [0.4, 0.5) is 10.1 Å². The molecular weight excluding hydrogens is 374 g/mol. The molecule has 1 aliphatic heterocycles. The summed E-state index contributed by atoms with van der Waals surface area (Å²) in [5.41, 5.74) is 2.37. The van der Waals surface area contributed by atoms with Crippen LogP contribution in [-0.2, 0) is 11.3 Å². The lowest BCUT2D eigenvalue weighted by atomic mass is 9.95. The Labute approximate surface area is 163 Å². The zero-order valence-corrected chi connectivity index (χ0v) is 16.1. The lowest BCUT2D eigenvalue weighted by Gasteiger charge is -2.31. The SMILES string of the molecule is Cc1ccc(Cl)cc1NC(=O)C1CCN(Cc2ccc(Cl)cc2F)CC1. The molecule has 3 rings (SSSR count). The summed E-state index contributed by atoms with van der Waals surface area (Å²) < 4.78 is 13.9. The molecule has 6 heteroatoms. The predicted octanol–water partition coefficient (Wildman–Crippen LogP) is 5.29. The number of nitrogens with zero attached hydrogens (tertiary/aromatic N) is 1. The van der Waals surface area contributed by atoms with E-state index >= 15 is 0 Å². The average molecular weight is 395 g/mol. The van der Waals surface area contributed by atoms with Gasteiger partial charge < -0.3 is 5.32 Å². The summed E-state index contributed by atoms with van der Waals surface area (Å²) in [7, 11) is 0. The molecule has 1 saturated heterocycles. The maximum Gasteiger partial charge on any atom is 0.227 e. The molecule has 0 atom stereocenters. The number of rotatable bonds is 4. The zero-order chi connectivity index (χ0) is 18.7. The van der Waals surface area contributed by atoms with E-state index in [-0.39, 0.29) is 17.6 Å². The third kappa shape index (κ3) is 4.76. The molecule has 0 aliphatic carbocycles. The minimum Gasteiger partial charge on any atom is -0.326 e. The van der Waals surface area contributed by atoms with Crippen LogP contribution in [0.3, 0.4) is 0 Å². The molecule has 1 N–H and O–H groups in total. The van der Waals surface area contributed by atoms with Gasteiger partial charge in [0.15, 0.2) is 0 Å². The summed E-state index contributed by atoms with van der Waals surface area (Å²) >= 11 is 11.8. The largest absolute Gasteiger partial charge is 0.326 e. The molecule has 0 radical (unpaired) electrons. The van der Waals surface area contributed by atoms with E-state index < -0.39 is 0 Å². The lowest BCUT2D eigenvalue weighted by Crippen LogP contribution is -2.38. The Kier molecular flexibility index (Phi) is 6.17. The van der Waals surface area contributed by atoms with Gasteiger partial charge in [0.05, 0.1) is 0 Å². The molecule has 3 nitrogen and oxygen atoms in total. The van der Waals surface area contributed by atoms with Crippen molar-refractivity contribution in [1.82, 2.24) is 4.90 Å². The number of amides is 1. The van der Waals surface area contributed by atoms with E-state index in [1.165, 1.54) is 6.07 Å². The van der Waals surface area contributed by atoms with Gasteiger partial charge in [-0.3, -0.25) is 9.69 Å². The van der Waals surface area contributed by atoms with Gasteiger partial charge in [0.2, 0.25) is 5.91 Å². The van der Waals surface area contributed by atoms with Crippen molar-refractivity contribution in [2.75, 3.05) is 18.4 Å². The number of piperidine rings is 1. The van der Waals surface area contributed by atoms with Crippen LogP contribution in [-0.4, -0.2) is 23.9 Å². The van der Waals surface area contributed by atoms with Crippen molar-refractivity contribution in [1.29, 1.82) is 0 Å². The summed E-state index contributed by atoms with van der Waals surface area (Å²) in [5.74, 6) is -0.304. The predicted molar refractivity (Wildman–Crippen MR) is 104 cm³/mol. The molecule has 0 unspecified atom stereocenters. The number of hydrogen-bond acceptors (Lipinski definition) is 2. The Morgan fingerprint density at radius 1 is 1.15 bits per heavy atom. The van der Waals surface area contributed by atoms with E-state index in [4.69, 9.17) is 23.2 Å². The maximum absolute atomic E-state index is 13.9. The minimum atomic E-state index is -0.284. The first kappa shape index (κ1) is 19.2. The van der Waals surface area contributed by atoms with E-state index in [0.717, 1.165) is 37.2 Å². The summed E-state index contributed by atoms with van der Waals surface area (Å²) in [6.45, 7) is 3.99.